The first-order chi connectivity index (χ1) is 9.08. The highest BCUT2D eigenvalue weighted by atomic mass is 79.9. The maximum atomic E-state index is 5.96. The van der Waals surface area contributed by atoms with Crippen molar-refractivity contribution in [2.45, 2.75) is 17.7 Å². The molecule has 5 heteroatoms. The number of pyridine rings is 1. The molecule has 0 aliphatic carbocycles. The zero-order chi connectivity index (χ0) is 13.5. The van der Waals surface area contributed by atoms with Gasteiger partial charge in [0.05, 0.1) is 5.02 Å². The Kier molecular flexibility index (Phi) is 3.25. The first-order valence-electron chi connectivity index (χ1n) is 5.80. The number of aromatic nitrogens is 1. The van der Waals surface area contributed by atoms with Gasteiger partial charge in [-0.3, -0.25) is 4.98 Å². The van der Waals surface area contributed by atoms with Gasteiger partial charge in [0.1, 0.15) is 16.5 Å². The highest BCUT2D eigenvalue weighted by Gasteiger charge is 2.39. The van der Waals surface area contributed by atoms with Gasteiger partial charge in [0, 0.05) is 18.7 Å². The molecule has 98 valence electrons. The van der Waals surface area contributed by atoms with Crippen LogP contribution in [0.4, 0.5) is 0 Å². The van der Waals surface area contributed by atoms with E-state index < -0.39 is 5.79 Å². The fourth-order valence-electron chi connectivity index (χ4n) is 2.01. The van der Waals surface area contributed by atoms with Gasteiger partial charge in [-0.15, -0.1) is 0 Å². The van der Waals surface area contributed by atoms with E-state index in [1.807, 2.05) is 31.2 Å². The topological polar surface area (TPSA) is 31.4 Å². The number of hydrogen-bond acceptors (Lipinski definition) is 3. The molecule has 0 fully saturated rings. The van der Waals surface area contributed by atoms with E-state index >= 15 is 0 Å². The first kappa shape index (κ1) is 12.9. The van der Waals surface area contributed by atoms with Crippen LogP contribution in [0.2, 0.25) is 5.02 Å². The monoisotopic (exact) mass is 339 g/mol. The fraction of sp³-hybridized carbons (Fsp3) is 0.214. The van der Waals surface area contributed by atoms with Gasteiger partial charge in [0.2, 0.25) is 0 Å². The molecule has 2 aromatic rings. The molecule has 0 N–H and O–H groups in total. The van der Waals surface area contributed by atoms with Crippen molar-refractivity contribution in [3.05, 3.63) is 58.9 Å². The minimum atomic E-state index is -0.937. The Morgan fingerprint density at radius 1 is 1.26 bits per heavy atom. The SMILES string of the molecule is CC1(c2ccc(Cl)cn2)Oc2ccccc2C(Br)O1. The van der Waals surface area contributed by atoms with E-state index in [0.717, 1.165) is 11.3 Å². The van der Waals surface area contributed by atoms with Gasteiger partial charge in [-0.1, -0.05) is 45.7 Å². The van der Waals surface area contributed by atoms with Crippen molar-refractivity contribution >= 4 is 27.5 Å². The second kappa shape index (κ2) is 4.78. The lowest BCUT2D eigenvalue weighted by molar-refractivity contribution is -0.205. The number of para-hydroxylation sites is 1. The third-order valence-corrected chi connectivity index (χ3v) is 3.89. The van der Waals surface area contributed by atoms with Crippen LogP contribution in [0.15, 0.2) is 42.6 Å². The summed E-state index contributed by atoms with van der Waals surface area (Å²) in [7, 11) is 0. The Balaban J connectivity index is 2.01. The molecule has 1 aliphatic rings. The number of hydrogen-bond donors (Lipinski definition) is 0. The molecule has 0 amide bonds. The molecule has 0 saturated carbocycles. The number of fused-ring (bicyclic) bond motifs is 1. The fourth-order valence-corrected chi connectivity index (χ4v) is 2.86. The van der Waals surface area contributed by atoms with E-state index in [1.54, 1.807) is 18.3 Å². The number of nitrogens with zero attached hydrogens (tertiary/aromatic N) is 1. The molecule has 1 aromatic heterocycles. The molecule has 1 aromatic carbocycles. The van der Waals surface area contributed by atoms with Gasteiger partial charge in [-0.25, -0.2) is 0 Å². The largest absolute Gasteiger partial charge is 0.456 e. The molecule has 1 aliphatic heterocycles. The average Bonchev–Trinajstić information content (AvgIpc) is 2.39. The van der Waals surface area contributed by atoms with Crippen LogP contribution >= 0.6 is 27.5 Å². The van der Waals surface area contributed by atoms with Gasteiger partial charge in [0.15, 0.2) is 0 Å². The summed E-state index contributed by atoms with van der Waals surface area (Å²) in [5.41, 5.74) is 1.64. The van der Waals surface area contributed by atoms with Crippen LogP contribution in [0, 0.1) is 0 Å². The van der Waals surface area contributed by atoms with Crippen LogP contribution in [-0.4, -0.2) is 4.98 Å². The zero-order valence-electron chi connectivity index (χ0n) is 10.1. The summed E-state index contributed by atoms with van der Waals surface area (Å²) in [6.07, 6.45) is 1.58. The van der Waals surface area contributed by atoms with Crippen LogP contribution in [-0.2, 0) is 10.5 Å². The molecule has 3 nitrogen and oxygen atoms in total. The van der Waals surface area contributed by atoms with Crippen molar-refractivity contribution in [2.75, 3.05) is 0 Å². The Labute approximate surface area is 124 Å². The Morgan fingerprint density at radius 2 is 2.05 bits per heavy atom. The maximum Gasteiger partial charge on any atom is 0.252 e. The number of rotatable bonds is 1. The van der Waals surface area contributed by atoms with E-state index in [4.69, 9.17) is 21.1 Å². The summed E-state index contributed by atoms with van der Waals surface area (Å²) in [4.78, 5) is 4.28. The molecular weight excluding hydrogens is 330 g/mol. The lowest BCUT2D eigenvalue weighted by Crippen LogP contribution is -2.37. The summed E-state index contributed by atoms with van der Waals surface area (Å²) in [5, 5.41) is 0.346. The van der Waals surface area contributed by atoms with E-state index in [1.165, 1.54) is 0 Å². The summed E-state index contributed by atoms with van der Waals surface area (Å²) < 4.78 is 11.9. The van der Waals surface area contributed by atoms with Crippen molar-refractivity contribution in [1.29, 1.82) is 0 Å². The molecule has 19 heavy (non-hydrogen) atoms. The quantitative estimate of drug-likeness (QED) is 0.721. The first-order valence-corrected chi connectivity index (χ1v) is 7.10. The standard InChI is InChI=1S/C14H11BrClNO2/c1-14(12-7-6-9(16)8-17-12)18-11-5-3-2-4-10(11)13(15)19-14/h2-8,13H,1H3. The van der Waals surface area contributed by atoms with E-state index in [-0.39, 0.29) is 5.01 Å². The van der Waals surface area contributed by atoms with Crippen LogP contribution in [0.3, 0.4) is 0 Å². The van der Waals surface area contributed by atoms with Crippen LogP contribution in [0.5, 0.6) is 5.75 Å². The van der Waals surface area contributed by atoms with E-state index in [0.29, 0.717) is 10.7 Å². The second-order valence-corrected chi connectivity index (χ2v) is 5.65. The maximum absolute atomic E-state index is 5.96. The third kappa shape index (κ3) is 2.36. The lowest BCUT2D eigenvalue weighted by Gasteiger charge is -2.37. The Hall–Kier alpha value is -1.10. The molecular formula is C14H11BrClNO2. The summed E-state index contributed by atoms with van der Waals surface area (Å²) in [6, 6.07) is 11.3. The average molecular weight is 341 g/mol. The van der Waals surface area contributed by atoms with Crippen LogP contribution < -0.4 is 4.74 Å². The number of halogens is 2. The molecule has 3 rings (SSSR count). The van der Waals surface area contributed by atoms with Gasteiger partial charge in [0.25, 0.3) is 5.79 Å². The molecule has 0 spiro atoms. The van der Waals surface area contributed by atoms with Gasteiger partial charge in [-0.05, 0) is 18.2 Å². The molecule has 0 bridgehead atoms. The van der Waals surface area contributed by atoms with Crippen molar-refractivity contribution in [3.63, 3.8) is 0 Å². The van der Waals surface area contributed by atoms with E-state index in [9.17, 15) is 0 Å². The van der Waals surface area contributed by atoms with Gasteiger partial charge >= 0.3 is 0 Å². The Morgan fingerprint density at radius 3 is 2.79 bits per heavy atom. The van der Waals surface area contributed by atoms with Gasteiger partial charge < -0.3 is 9.47 Å². The number of ether oxygens (including phenoxy) is 2. The summed E-state index contributed by atoms with van der Waals surface area (Å²) >= 11 is 9.37. The smallest absolute Gasteiger partial charge is 0.252 e. The van der Waals surface area contributed by atoms with Crippen molar-refractivity contribution in [2.24, 2.45) is 0 Å². The van der Waals surface area contributed by atoms with Crippen molar-refractivity contribution in [3.8, 4) is 5.75 Å². The summed E-state index contributed by atoms with van der Waals surface area (Å²) in [5.74, 6) is -0.150. The molecule has 0 radical (unpaired) electrons. The zero-order valence-corrected chi connectivity index (χ0v) is 12.5. The molecule has 0 saturated heterocycles. The van der Waals surface area contributed by atoms with Crippen molar-refractivity contribution in [1.82, 2.24) is 4.98 Å². The van der Waals surface area contributed by atoms with Gasteiger partial charge in [-0.2, -0.15) is 0 Å². The number of alkyl halides is 1. The normalized spacial score (nSPS) is 25.5. The molecule has 2 atom stereocenters. The van der Waals surface area contributed by atoms with E-state index in [2.05, 4.69) is 20.9 Å². The van der Waals surface area contributed by atoms with Crippen LogP contribution in [0.25, 0.3) is 0 Å². The lowest BCUT2D eigenvalue weighted by atomic mass is 10.1. The summed E-state index contributed by atoms with van der Waals surface area (Å²) in [6.45, 7) is 1.84. The minimum Gasteiger partial charge on any atom is -0.456 e. The minimum absolute atomic E-state index is 0.236. The van der Waals surface area contributed by atoms with Crippen molar-refractivity contribution < 1.29 is 9.47 Å². The van der Waals surface area contributed by atoms with Crippen LogP contribution in [0.1, 0.15) is 23.2 Å². The molecule has 2 heterocycles. The number of benzene rings is 1. The predicted molar refractivity (Wildman–Crippen MR) is 76.4 cm³/mol. The predicted octanol–water partition coefficient (Wildman–Crippen LogP) is 4.41. The highest BCUT2D eigenvalue weighted by Crippen LogP contribution is 2.45. The second-order valence-electron chi connectivity index (χ2n) is 4.38. The highest BCUT2D eigenvalue weighted by molar-refractivity contribution is 9.09. The Bertz CT molecular complexity index is 605. The third-order valence-electron chi connectivity index (χ3n) is 2.99. The molecule has 2 unspecified atom stereocenters.